The number of aliphatic imine (C=N–C) groups is 1. The topological polar surface area (TPSA) is 345 Å². The molecule has 20 nitrogen and oxygen atoms in total. The van der Waals surface area contributed by atoms with Gasteiger partial charge in [0.05, 0.1) is 25.9 Å². The van der Waals surface area contributed by atoms with Crippen LogP contribution in [0.5, 0.6) is 0 Å². The van der Waals surface area contributed by atoms with Gasteiger partial charge >= 0.3 is 11.9 Å². The molecular formula is C23H38N10O10. The third-order valence-corrected chi connectivity index (χ3v) is 6.08. The third-order valence-electron chi connectivity index (χ3n) is 6.08. The maximum atomic E-state index is 13.0. The van der Waals surface area contributed by atoms with Gasteiger partial charge in [-0.2, -0.15) is 0 Å². The summed E-state index contributed by atoms with van der Waals surface area (Å²) in [6, 6.07) is -5.73. The fourth-order valence-corrected chi connectivity index (χ4v) is 4.11. The molecule has 1 fully saturated rings. The van der Waals surface area contributed by atoms with E-state index in [0.29, 0.717) is 6.42 Å². The van der Waals surface area contributed by atoms with E-state index in [2.05, 4.69) is 26.3 Å². The molecule has 0 aromatic rings. The number of hydrogen-bond donors (Lipinski definition) is 10. The highest BCUT2D eigenvalue weighted by Gasteiger charge is 2.39. The van der Waals surface area contributed by atoms with Crippen molar-refractivity contribution in [2.24, 2.45) is 27.9 Å². The number of nitrogens with one attached hydrogen (secondary N) is 4. The highest BCUT2D eigenvalue weighted by molar-refractivity contribution is 5.97. The molecule has 20 heteroatoms. The third kappa shape index (κ3) is 13.0. The van der Waals surface area contributed by atoms with Crippen molar-refractivity contribution in [1.82, 2.24) is 26.2 Å². The van der Waals surface area contributed by atoms with Crippen LogP contribution in [0, 0.1) is 0 Å². The number of likely N-dealkylation sites (tertiary alicyclic amines) is 1. The summed E-state index contributed by atoms with van der Waals surface area (Å²) in [4.78, 5) is 102. The van der Waals surface area contributed by atoms with E-state index >= 15 is 0 Å². The van der Waals surface area contributed by atoms with Crippen molar-refractivity contribution >= 4 is 53.3 Å². The SMILES string of the molecule is NCC(=O)N[C@@H](CCCN=C(N)N)C(=O)NCC(=O)N[C@@H](CC(=O)O)C(=O)N[C@@H](CC(N)=O)C(=O)N1CCC[C@H]1C(=O)O. The first-order chi connectivity index (χ1) is 20.2. The molecular weight excluding hydrogens is 576 g/mol. The number of carbonyl (C=O) groups excluding carboxylic acids is 6. The zero-order chi connectivity index (χ0) is 32.7. The Kier molecular flexibility index (Phi) is 14.8. The van der Waals surface area contributed by atoms with Gasteiger partial charge in [0.15, 0.2) is 5.96 Å². The number of carboxylic acids is 2. The minimum Gasteiger partial charge on any atom is -0.481 e. The van der Waals surface area contributed by atoms with Gasteiger partial charge in [-0.05, 0) is 25.7 Å². The molecule has 0 aromatic carbocycles. The van der Waals surface area contributed by atoms with Gasteiger partial charge < -0.3 is 59.3 Å². The number of guanidine groups is 1. The average Bonchev–Trinajstić information content (AvgIpc) is 3.42. The van der Waals surface area contributed by atoms with Crippen molar-refractivity contribution in [2.75, 3.05) is 26.2 Å². The standard InChI is InChI=1S/C23H38N10O10/c24-9-16(35)30-11(3-1-5-28-23(26)27)19(39)29-10-17(36)31-12(8-18(37)38)20(40)32-13(7-15(25)34)21(41)33-6-2-4-14(33)22(42)43/h11-14H,1-10,24H2,(H2,25,34)(H,29,39)(H,30,35)(H,31,36)(H,32,40)(H,37,38)(H,42,43)(H4,26,27,28)/t11-,12-,13-,14-/m0/s1. The normalized spacial score (nSPS) is 16.1. The molecule has 14 N–H and O–H groups in total. The summed E-state index contributed by atoms with van der Waals surface area (Å²) in [6.07, 6.45) is -0.843. The molecule has 0 saturated carbocycles. The number of aliphatic carboxylic acids is 2. The molecule has 6 amide bonds. The van der Waals surface area contributed by atoms with Crippen LogP contribution in [0.1, 0.15) is 38.5 Å². The van der Waals surface area contributed by atoms with Gasteiger partial charge in [0.1, 0.15) is 24.2 Å². The van der Waals surface area contributed by atoms with Crippen LogP contribution in [0.25, 0.3) is 0 Å². The van der Waals surface area contributed by atoms with Gasteiger partial charge in [-0.25, -0.2) is 4.79 Å². The van der Waals surface area contributed by atoms with Crippen LogP contribution in [0.2, 0.25) is 0 Å². The minimum atomic E-state index is -1.77. The fourth-order valence-electron chi connectivity index (χ4n) is 4.11. The van der Waals surface area contributed by atoms with Crippen LogP contribution in [0.15, 0.2) is 4.99 Å². The molecule has 4 atom stereocenters. The summed E-state index contributed by atoms with van der Waals surface area (Å²) in [5.74, 6) is -8.56. The van der Waals surface area contributed by atoms with E-state index < -0.39 is 97.5 Å². The summed E-state index contributed by atoms with van der Waals surface area (Å²) in [7, 11) is 0. The van der Waals surface area contributed by atoms with E-state index in [1.165, 1.54) is 0 Å². The van der Waals surface area contributed by atoms with Crippen molar-refractivity contribution in [2.45, 2.75) is 62.7 Å². The number of hydrogen-bond acceptors (Lipinski definition) is 10. The van der Waals surface area contributed by atoms with E-state index in [1.54, 1.807) is 0 Å². The highest BCUT2D eigenvalue weighted by atomic mass is 16.4. The van der Waals surface area contributed by atoms with Crippen molar-refractivity contribution in [3.05, 3.63) is 0 Å². The van der Waals surface area contributed by atoms with Crippen molar-refractivity contribution in [3.63, 3.8) is 0 Å². The summed E-state index contributed by atoms with van der Waals surface area (Å²) in [5.41, 5.74) is 20.9. The Morgan fingerprint density at radius 2 is 1.51 bits per heavy atom. The molecule has 0 bridgehead atoms. The molecule has 0 aliphatic carbocycles. The molecule has 1 rings (SSSR count). The molecule has 1 saturated heterocycles. The summed E-state index contributed by atoms with van der Waals surface area (Å²) in [6.45, 7) is -0.983. The lowest BCUT2D eigenvalue weighted by Gasteiger charge is -2.28. The number of amides is 6. The van der Waals surface area contributed by atoms with Crippen LogP contribution >= 0.6 is 0 Å². The molecule has 0 aromatic heterocycles. The Hall–Kier alpha value is -5.01. The smallest absolute Gasteiger partial charge is 0.326 e. The monoisotopic (exact) mass is 614 g/mol. The Morgan fingerprint density at radius 3 is 2.07 bits per heavy atom. The molecule has 1 aliphatic rings. The lowest BCUT2D eigenvalue weighted by atomic mass is 10.1. The molecule has 1 aliphatic heterocycles. The predicted molar refractivity (Wildman–Crippen MR) is 146 cm³/mol. The number of nitrogens with two attached hydrogens (primary N) is 4. The number of carboxylic acid groups (broad SMARTS) is 2. The first kappa shape index (κ1) is 36.0. The molecule has 43 heavy (non-hydrogen) atoms. The van der Waals surface area contributed by atoms with E-state index in [1.807, 2.05) is 0 Å². The Balaban J connectivity index is 2.92. The van der Waals surface area contributed by atoms with Crippen LogP contribution in [-0.4, -0.2) is 119 Å². The van der Waals surface area contributed by atoms with Gasteiger partial charge in [0, 0.05) is 13.1 Å². The van der Waals surface area contributed by atoms with Crippen LogP contribution < -0.4 is 44.2 Å². The van der Waals surface area contributed by atoms with Crippen LogP contribution in [-0.2, 0) is 38.4 Å². The lowest BCUT2D eigenvalue weighted by Crippen LogP contribution is -2.57. The number of primary amides is 1. The Morgan fingerprint density at radius 1 is 0.860 bits per heavy atom. The van der Waals surface area contributed by atoms with Gasteiger partial charge in [0.25, 0.3) is 0 Å². The minimum absolute atomic E-state index is 0.0386. The summed E-state index contributed by atoms with van der Waals surface area (Å²) in [5, 5.41) is 27.5. The number of rotatable bonds is 18. The van der Waals surface area contributed by atoms with E-state index in [0.717, 1.165) is 4.90 Å². The average molecular weight is 615 g/mol. The number of carbonyl (C=O) groups is 8. The lowest BCUT2D eigenvalue weighted by molar-refractivity contribution is -0.150. The maximum absolute atomic E-state index is 13.0. The van der Waals surface area contributed by atoms with Gasteiger partial charge in [-0.3, -0.25) is 38.6 Å². The van der Waals surface area contributed by atoms with E-state index in [-0.39, 0.29) is 38.3 Å². The van der Waals surface area contributed by atoms with Crippen molar-refractivity contribution < 1.29 is 48.6 Å². The van der Waals surface area contributed by atoms with Gasteiger partial charge in [0.2, 0.25) is 35.4 Å². The van der Waals surface area contributed by atoms with Crippen LogP contribution in [0.3, 0.4) is 0 Å². The van der Waals surface area contributed by atoms with Gasteiger partial charge in [-0.15, -0.1) is 0 Å². The summed E-state index contributed by atoms with van der Waals surface area (Å²) < 4.78 is 0. The Labute approximate surface area is 245 Å². The molecule has 240 valence electrons. The number of nitrogens with zero attached hydrogens (tertiary/aromatic N) is 2. The second-order valence-corrected chi connectivity index (χ2v) is 9.47. The quantitative estimate of drug-likeness (QED) is 0.0391. The maximum Gasteiger partial charge on any atom is 0.326 e. The molecule has 0 unspecified atom stereocenters. The van der Waals surface area contributed by atoms with E-state index in [4.69, 9.17) is 22.9 Å². The van der Waals surface area contributed by atoms with Crippen molar-refractivity contribution in [3.8, 4) is 0 Å². The summed E-state index contributed by atoms with van der Waals surface area (Å²) >= 11 is 0. The Bertz CT molecular complexity index is 1110. The van der Waals surface area contributed by atoms with Gasteiger partial charge in [-0.1, -0.05) is 0 Å². The highest BCUT2D eigenvalue weighted by Crippen LogP contribution is 2.19. The first-order valence-electron chi connectivity index (χ1n) is 13.1. The predicted octanol–water partition coefficient (Wildman–Crippen LogP) is -6.01. The second-order valence-electron chi connectivity index (χ2n) is 9.47. The van der Waals surface area contributed by atoms with E-state index in [9.17, 15) is 48.6 Å². The largest absolute Gasteiger partial charge is 0.481 e. The second kappa shape index (κ2) is 17.7. The first-order valence-corrected chi connectivity index (χ1v) is 13.1. The molecule has 0 radical (unpaired) electrons. The zero-order valence-electron chi connectivity index (χ0n) is 23.2. The molecule has 1 heterocycles. The zero-order valence-corrected chi connectivity index (χ0v) is 23.2. The molecule has 0 spiro atoms. The van der Waals surface area contributed by atoms with Crippen molar-refractivity contribution in [1.29, 1.82) is 0 Å². The van der Waals surface area contributed by atoms with Crippen LogP contribution in [0.4, 0.5) is 0 Å². The fraction of sp³-hybridized carbons (Fsp3) is 0.609.